The highest BCUT2D eigenvalue weighted by Gasteiger charge is 2.27. The number of hydrogen-bond donors (Lipinski definition) is 2. The van der Waals surface area contributed by atoms with Crippen LogP contribution < -0.4 is 5.32 Å². The third-order valence-corrected chi connectivity index (χ3v) is 5.34. The highest BCUT2D eigenvalue weighted by Crippen LogP contribution is 2.21. The van der Waals surface area contributed by atoms with Crippen LogP contribution in [-0.4, -0.2) is 46.9 Å². The molecule has 0 spiro atoms. The second-order valence-corrected chi connectivity index (χ2v) is 6.87. The Balaban J connectivity index is 1.84. The quantitative estimate of drug-likeness (QED) is 0.867. The van der Waals surface area contributed by atoms with Crippen molar-refractivity contribution >= 4 is 21.9 Å². The first-order chi connectivity index (χ1) is 10.6. The lowest BCUT2D eigenvalue weighted by Gasteiger charge is -2.15. The zero-order valence-electron chi connectivity index (χ0n) is 11.7. The molecule has 1 aliphatic heterocycles. The zero-order chi connectivity index (χ0) is 15.6. The summed E-state index contributed by atoms with van der Waals surface area (Å²) in [6.45, 7) is 1.05. The van der Waals surface area contributed by atoms with E-state index in [1.54, 1.807) is 12.1 Å². The largest absolute Gasteiger partial charge is 0.291 e. The number of aromatic nitrogens is 3. The standard InChI is InChI=1S/C13H15N5O3S/c19-12(16-13-14-9-15-17-13)10-4-3-5-11(8-10)22(20,21)18-6-1-2-7-18/h3-5,8-9H,1-2,6-7H2,(H2,14,15,16,17,19). The van der Waals surface area contributed by atoms with Gasteiger partial charge in [-0.2, -0.15) is 14.4 Å². The Morgan fingerprint density at radius 1 is 1.27 bits per heavy atom. The Morgan fingerprint density at radius 2 is 2.05 bits per heavy atom. The SMILES string of the molecule is O=C(Nc1ncn[nH]1)c1cccc(S(=O)(=O)N2CCCC2)c1. The van der Waals surface area contributed by atoms with E-state index in [0.717, 1.165) is 12.8 Å². The van der Waals surface area contributed by atoms with Gasteiger partial charge in [-0.25, -0.2) is 13.5 Å². The molecule has 22 heavy (non-hydrogen) atoms. The molecule has 0 unspecified atom stereocenters. The van der Waals surface area contributed by atoms with Crippen molar-refractivity contribution in [3.63, 3.8) is 0 Å². The van der Waals surface area contributed by atoms with Crippen LogP contribution in [0.2, 0.25) is 0 Å². The molecule has 1 saturated heterocycles. The molecule has 2 N–H and O–H groups in total. The van der Waals surface area contributed by atoms with E-state index in [1.165, 1.54) is 22.8 Å². The molecule has 8 nitrogen and oxygen atoms in total. The van der Waals surface area contributed by atoms with Gasteiger partial charge < -0.3 is 0 Å². The van der Waals surface area contributed by atoms with Crippen LogP contribution in [0.5, 0.6) is 0 Å². The number of benzene rings is 1. The molecule has 116 valence electrons. The van der Waals surface area contributed by atoms with Gasteiger partial charge in [0.25, 0.3) is 5.91 Å². The van der Waals surface area contributed by atoms with Crippen molar-refractivity contribution in [1.82, 2.24) is 19.5 Å². The summed E-state index contributed by atoms with van der Waals surface area (Å²) in [6.07, 6.45) is 3.00. The monoisotopic (exact) mass is 321 g/mol. The minimum Gasteiger partial charge on any atom is -0.291 e. The molecule has 1 amide bonds. The van der Waals surface area contributed by atoms with Crippen LogP contribution in [0.15, 0.2) is 35.5 Å². The summed E-state index contributed by atoms with van der Waals surface area (Å²) >= 11 is 0. The van der Waals surface area contributed by atoms with Gasteiger partial charge >= 0.3 is 0 Å². The van der Waals surface area contributed by atoms with Gasteiger partial charge in [0, 0.05) is 18.7 Å². The summed E-state index contributed by atoms with van der Waals surface area (Å²) in [7, 11) is -3.54. The average molecular weight is 321 g/mol. The van der Waals surface area contributed by atoms with E-state index in [0.29, 0.717) is 13.1 Å². The predicted octanol–water partition coefficient (Wildman–Crippen LogP) is 0.841. The minimum absolute atomic E-state index is 0.125. The van der Waals surface area contributed by atoms with Crippen molar-refractivity contribution < 1.29 is 13.2 Å². The van der Waals surface area contributed by atoms with Gasteiger partial charge in [-0.3, -0.25) is 10.1 Å². The maximum Gasteiger partial charge on any atom is 0.258 e. The van der Waals surface area contributed by atoms with Crippen molar-refractivity contribution in [3.05, 3.63) is 36.2 Å². The van der Waals surface area contributed by atoms with Gasteiger partial charge in [0.2, 0.25) is 16.0 Å². The number of nitrogens with one attached hydrogen (secondary N) is 2. The molecule has 0 aliphatic carbocycles. The molecule has 0 bridgehead atoms. The maximum atomic E-state index is 12.5. The van der Waals surface area contributed by atoms with Gasteiger partial charge in [0.05, 0.1) is 4.90 Å². The number of carbonyl (C=O) groups is 1. The number of H-pyrrole nitrogens is 1. The van der Waals surface area contributed by atoms with Gasteiger partial charge in [0.15, 0.2) is 0 Å². The lowest BCUT2D eigenvalue weighted by Crippen LogP contribution is -2.28. The molecule has 1 fully saturated rings. The molecule has 0 saturated carbocycles. The first-order valence-electron chi connectivity index (χ1n) is 6.84. The fourth-order valence-electron chi connectivity index (χ4n) is 2.32. The second kappa shape index (κ2) is 5.85. The normalized spacial score (nSPS) is 15.8. The molecule has 1 aromatic carbocycles. The van der Waals surface area contributed by atoms with E-state index in [1.807, 2.05) is 0 Å². The summed E-state index contributed by atoms with van der Waals surface area (Å²) in [5.41, 5.74) is 0.247. The van der Waals surface area contributed by atoms with Crippen LogP contribution in [-0.2, 0) is 10.0 Å². The number of rotatable bonds is 4. The molecule has 2 aromatic rings. The van der Waals surface area contributed by atoms with E-state index in [4.69, 9.17) is 0 Å². The minimum atomic E-state index is -3.54. The van der Waals surface area contributed by atoms with Crippen molar-refractivity contribution in [2.75, 3.05) is 18.4 Å². The van der Waals surface area contributed by atoms with E-state index in [9.17, 15) is 13.2 Å². The van der Waals surface area contributed by atoms with Gasteiger partial charge in [-0.15, -0.1) is 0 Å². The topological polar surface area (TPSA) is 108 Å². The van der Waals surface area contributed by atoms with Gasteiger partial charge in [-0.05, 0) is 31.0 Å². The fraction of sp³-hybridized carbons (Fsp3) is 0.308. The Morgan fingerprint density at radius 3 is 2.73 bits per heavy atom. The Hall–Kier alpha value is -2.26. The molecule has 0 radical (unpaired) electrons. The predicted molar refractivity (Wildman–Crippen MR) is 78.8 cm³/mol. The highest BCUT2D eigenvalue weighted by molar-refractivity contribution is 7.89. The molecule has 9 heteroatoms. The lowest BCUT2D eigenvalue weighted by atomic mass is 10.2. The van der Waals surface area contributed by atoms with Crippen LogP contribution in [0.3, 0.4) is 0 Å². The number of anilines is 1. The van der Waals surface area contributed by atoms with Crippen LogP contribution >= 0.6 is 0 Å². The van der Waals surface area contributed by atoms with E-state index in [2.05, 4.69) is 20.5 Å². The number of sulfonamides is 1. The van der Waals surface area contributed by atoms with Crippen LogP contribution in [0.1, 0.15) is 23.2 Å². The van der Waals surface area contributed by atoms with Gasteiger partial charge in [0.1, 0.15) is 6.33 Å². The molecular formula is C13H15N5O3S. The number of nitrogens with zero attached hydrogens (tertiary/aromatic N) is 3. The maximum absolute atomic E-state index is 12.5. The van der Waals surface area contributed by atoms with Crippen LogP contribution in [0, 0.1) is 0 Å². The molecule has 3 rings (SSSR count). The summed E-state index contributed by atoms with van der Waals surface area (Å²) < 4.78 is 26.4. The highest BCUT2D eigenvalue weighted by atomic mass is 32.2. The van der Waals surface area contributed by atoms with Crippen molar-refractivity contribution in [3.8, 4) is 0 Å². The smallest absolute Gasteiger partial charge is 0.258 e. The number of amides is 1. The van der Waals surface area contributed by atoms with E-state index < -0.39 is 15.9 Å². The van der Waals surface area contributed by atoms with Crippen LogP contribution in [0.25, 0.3) is 0 Å². The van der Waals surface area contributed by atoms with Crippen LogP contribution in [0.4, 0.5) is 5.95 Å². The van der Waals surface area contributed by atoms with Crippen molar-refractivity contribution in [2.45, 2.75) is 17.7 Å². The summed E-state index contributed by atoms with van der Waals surface area (Å²) in [4.78, 5) is 16.0. The molecular weight excluding hydrogens is 306 g/mol. The summed E-state index contributed by atoms with van der Waals surface area (Å²) in [5, 5.41) is 8.64. The zero-order valence-corrected chi connectivity index (χ0v) is 12.5. The number of hydrogen-bond acceptors (Lipinski definition) is 5. The number of carbonyl (C=O) groups excluding carboxylic acids is 1. The third-order valence-electron chi connectivity index (χ3n) is 3.45. The Kier molecular flexibility index (Phi) is 3.90. The fourth-order valence-corrected chi connectivity index (χ4v) is 3.88. The van der Waals surface area contributed by atoms with E-state index >= 15 is 0 Å². The first kappa shape index (κ1) is 14.7. The second-order valence-electron chi connectivity index (χ2n) is 4.93. The van der Waals surface area contributed by atoms with Crippen molar-refractivity contribution in [1.29, 1.82) is 0 Å². The molecule has 0 atom stereocenters. The molecule has 1 aromatic heterocycles. The lowest BCUT2D eigenvalue weighted by molar-refractivity contribution is 0.102. The number of aromatic amines is 1. The van der Waals surface area contributed by atoms with Crippen molar-refractivity contribution in [2.24, 2.45) is 0 Å². The average Bonchev–Trinajstić information content (AvgIpc) is 3.21. The Labute approximate surface area is 127 Å². The van der Waals surface area contributed by atoms with E-state index in [-0.39, 0.29) is 16.4 Å². The van der Waals surface area contributed by atoms with Gasteiger partial charge in [-0.1, -0.05) is 6.07 Å². The Bertz CT molecular complexity index is 767. The first-order valence-corrected chi connectivity index (χ1v) is 8.28. The summed E-state index contributed by atoms with van der Waals surface area (Å²) in [5.74, 6) is -0.243. The molecule has 1 aliphatic rings. The summed E-state index contributed by atoms with van der Waals surface area (Å²) in [6, 6.07) is 5.98. The molecule has 2 heterocycles. The third kappa shape index (κ3) is 2.85.